The molecule has 0 aliphatic heterocycles. The van der Waals surface area contributed by atoms with Gasteiger partial charge >= 0.3 is 0 Å². The van der Waals surface area contributed by atoms with Crippen LogP contribution >= 0.6 is 11.6 Å². The Hall–Kier alpha value is -3.24. The van der Waals surface area contributed by atoms with Crippen LogP contribution in [0.2, 0.25) is 5.15 Å². The quantitative estimate of drug-likeness (QED) is 0.339. The maximum atomic E-state index is 6.63. The number of rotatable bonds is 4. The lowest BCUT2D eigenvalue weighted by Gasteiger charge is -2.14. The Kier molecular flexibility index (Phi) is 4.72. The van der Waals surface area contributed by atoms with Crippen LogP contribution in [0.1, 0.15) is 22.3 Å². The third-order valence-corrected chi connectivity index (χ3v) is 6.02. The highest BCUT2D eigenvalue weighted by Gasteiger charge is 2.15. The molecule has 5 aromatic rings. The predicted molar refractivity (Wildman–Crippen MR) is 123 cm³/mol. The van der Waals surface area contributed by atoms with Crippen molar-refractivity contribution in [3.63, 3.8) is 0 Å². The van der Waals surface area contributed by atoms with Gasteiger partial charge in [0.05, 0.1) is 16.7 Å². The van der Waals surface area contributed by atoms with Crippen molar-refractivity contribution < 1.29 is 0 Å². The van der Waals surface area contributed by atoms with E-state index in [9.17, 15) is 0 Å². The summed E-state index contributed by atoms with van der Waals surface area (Å²) in [6.45, 7) is 4.20. The molecular weight excluding hydrogens is 392 g/mol. The summed E-state index contributed by atoms with van der Waals surface area (Å²) < 4.78 is 1.89. The van der Waals surface area contributed by atoms with Crippen LogP contribution in [-0.4, -0.2) is 20.0 Å². The zero-order valence-corrected chi connectivity index (χ0v) is 17.7. The average molecular weight is 413 g/mol. The smallest absolute Gasteiger partial charge is 0.133 e. The van der Waals surface area contributed by atoms with Crippen molar-refractivity contribution in [2.45, 2.75) is 26.7 Å². The number of aromatic nitrogens is 4. The molecule has 0 amide bonds. The molecule has 2 aromatic heterocycles. The van der Waals surface area contributed by atoms with Crippen LogP contribution in [0.15, 0.2) is 66.7 Å². The highest BCUT2D eigenvalue weighted by atomic mass is 35.5. The zero-order valence-electron chi connectivity index (χ0n) is 16.9. The van der Waals surface area contributed by atoms with Crippen LogP contribution in [0, 0.1) is 13.8 Å². The van der Waals surface area contributed by atoms with Crippen LogP contribution in [0.25, 0.3) is 27.6 Å². The minimum atomic E-state index is 0.595. The molecule has 0 radical (unpaired) electrons. The van der Waals surface area contributed by atoms with E-state index in [1.165, 1.54) is 11.1 Å². The van der Waals surface area contributed by atoms with Gasteiger partial charge in [-0.1, -0.05) is 59.3 Å². The van der Waals surface area contributed by atoms with E-state index in [1.807, 2.05) is 35.0 Å². The second kappa shape index (κ2) is 7.54. The lowest BCUT2D eigenvalue weighted by molar-refractivity contribution is 0.824. The first-order chi connectivity index (χ1) is 14.6. The number of hydrogen-bond donors (Lipinski definition) is 0. The zero-order chi connectivity index (χ0) is 20.7. The fourth-order valence-corrected chi connectivity index (χ4v) is 4.39. The Morgan fingerprint density at radius 1 is 0.900 bits per heavy atom. The van der Waals surface area contributed by atoms with E-state index in [-0.39, 0.29) is 0 Å². The first kappa shape index (κ1) is 18.8. The maximum Gasteiger partial charge on any atom is 0.133 e. The maximum absolute atomic E-state index is 6.63. The summed E-state index contributed by atoms with van der Waals surface area (Å²) in [4.78, 5) is 4.75. The van der Waals surface area contributed by atoms with E-state index in [0.29, 0.717) is 5.15 Å². The van der Waals surface area contributed by atoms with Crippen molar-refractivity contribution in [2.24, 2.45) is 0 Å². The van der Waals surface area contributed by atoms with Crippen LogP contribution in [0.5, 0.6) is 0 Å². The van der Waals surface area contributed by atoms with E-state index in [1.54, 1.807) is 0 Å². The Morgan fingerprint density at radius 3 is 2.50 bits per heavy atom. The van der Waals surface area contributed by atoms with Crippen LogP contribution < -0.4 is 0 Å². The summed E-state index contributed by atoms with van der Waals surface area (Å²) >= 11 is 6.63. The molecule has 4 nitrogen and oxygen atoms in total. The van der Waals surface area contributed by atoms with Crippen molar-refractivity contribution >= 4 is 33.5 Å². The normalized spacial score (nSPS) is 11.4. The lowest BCUT2D eigenvalue weighted by atomic mass is 9.97. The van der Waals surface area contributed by atoms with E-state index in [0.717, 1.165) is 51.6 Å². The Bertz CT molecular complexity index is 1370. The Morgan fingerprint density at radius 2 is 1.67 bits per heavy atom. The third-order valence-electron chi connectivity index (χ3n) is 5.70. The van der Waals surface area contributed by atoms with Gasteiger partial charge in [0, 0.05) is 5.39 Å². The van der Waals surface area contributed by atoms with Gasteiger partial charge in [0.25, 0.3) is 0 Å². The highest BCUT2D eigenvalue weighted by molar-refractivity contribution is 6.30. The predicted octanol–water partition coefficient (Wildman–Crippen LogP) is 6.02. The van der Waals surface area contributed by atoms with Crippen LogP contribution in [0.3, 0.4) is 0 Å². The second-order valence-corrected chi connectivity index (χ2v) is 8.00. The molecule has 0 saturated carbocycles. The second-order valence-electron chi connectivity index (χ2n) is 7.64. The van der Waals surface area contributed by atoms with Crippen molar-refractivity contribution in [3.05, 3.63) is 94.1 Å². The van der Waals surface area contributed by atoms with Gasteiger partial charge < -0.3 is 0 Å². The number of benzene rings is 3. The van der Waals surface area contributed by atoms with Crippen molar-refractivity contribution in [2.75, 3.05) is 0 Å². The Balaban J connectivity index is 1.62. The monoisotopic (exact) mass is 412 g/mol. The number of hydrogen-bond acceptors (Lipinski definition) is 3. The van der Waals surface area contributed by atoms with Crippen LogP contribution in [0.4, 0.5) is 0 Å². The molecule has 0 saturated heterocycles. The van der Waals surface area contributed by atoms with Gasteiger partial charge in [-0.15, -0.1) is 5.10 Å². The van der Waals surface area contributed by atoms with Gasteiger partial charge in [0.15, 0.2) is 0 Å². The van der Waals surface area contributed by atoms with Crippen molar-refractivity contribution in [3.8, 4) is 5.69 Å². The first-order valence-electron chi connectivity index (χ1n) is 10.1. The van der Waals surface area contributed by atoms with Crippen molar-refractivity contribution in [1.82, 2.24) is 20.0 Å². The van der Waals surface area contributed by atoms with Gasteiger partial charge in [-0.05, 0) is 73.2 Å². The largest absolute Gasteiger partial charge is 0.236 e. The molecule has 0 aliphatic carbocycles. The Labute approximate surface area is 180 Å². The minimum Gasteiger partial charge on any atom is -0.236 e. The molecule has 2 heterocycles. The fraction of sp³-hybridized carbons (Fsp3) is 0.160. The summed E-state index contributed by atoms with van der Waals surface area (Å²) in [7, 11) is 0. The fourth-order valence-electron chi connectivity index (χ4n) is 4.06. The molecule has 148 valence electrons. The summed E-state index contributed by atoms with van der Waals surface area (Å²) in [6, 6.07) is 22.7. The third kappa shape index (κ3) is 3.23. The molecular formula is C25H21ClN4. The molecule has 0 spiro atoms. The van der Waals surface area contributed by atoms with Gasteiger partial charge in [-0.3, -0.25) is 0 Å². The van der Waals surface area contributed by atoms with Gasteiger partial charge in [-0.2, -0.15) is 0 Å². The van der Waals surface area contributed by atoms with E-state index in [2.05, 4.69) is 60.6 Å². The van der Waals surface area contributed by atoms with Gasteiger partial charge in [0.1, 0.15) is 10.7 Å². The molecule has 5 heteroatoms. The highest BCUT2D eigenvalue weighted by Crippen LogP contribution is 2.31. The number of aryl methyl sites for hydroxylation is 3. The van der Waals surface area contributed by atoms with E-state index >= 15 is 0 Å². The van der Waals surface area contributed by atoms with Gasteiger partial charge in [-0.25, -0.2) is 9.67 Å². The molecule has 0 aliphatic rings. The standard InChI is InChI=1S/C25H21ClN4/c1-16-14-19(30-23-11-7-6-10-22(23)28-29-30)15-21-17(2)20(25(26)27-24(16)21)13-12-18-8-4-3-5-9-18/h3-11,14-15H,12-13H2,1-2H3. The molecule has 0 unspecified atom stereocenters. The first-order valence-corrected chi connectivity index (χ1v) is 10.4. The number of fused-ring (bicyclic) bond motifs is 2. The molecule has 0 atom stereocenters. The summed E-state index contributed by atoms with van der Waals surface area (Å²) in [5.41, 5.74) is 8.44. The SMILES string of the molecule is Cc1c(CCc2ccccc2)c(Cl)nc2c(C)cc(-n3nnc4ccccc43)cc12. The summed E-state index contributed by atoms with van der Waals surface area (Å²) in [6.07, 6.45) is 1.79. The van der Waals surface area contributed by atoms with Crippen LogP contribution in [-0.2, 0) is 12.8 Å². The number of para-hydroxylation sites is 1. The van der Waals surface area contributed by atoms with E-state index < -0.39 is 0 Å². The molecule has 0 fully saturated rings. The molecule has 0 N–H and O–H groups in total. The number of halogens is 1. The molecule has 30 heavy (non-hydrogen) atoms. The topological polar surface area (TPSA) is 43.6 Å². The molecule has 0 bridgehead atoms. The average Bonchev–Trinajstić information content (AvgIpc) is 3.19. The van der Waals surface area contributed by atoms with Crippen molar-refractivity contribution in [1.29, 1.82) is 0 Å². The molecule has 5 rings (SSSR count). The summed E-state index contributed by atoms with van der Waals surface area (Å²) in [5, 5.41) is 10.4. The number of pyridine rings is 1. The minimum absolute atomic E-state index is 0.595. The summed E-state index contributed by atoms with van der Waals surface area (Å²) in [5.74, 6) is 0. The molecule has 3 aromatic carbocycles. The number of nitrogens with zero attached hydrogens (tertiary/aromatic N) is 4. The van der Waals surface area contributed by atoms with E-state index in [4.69, 9.17) is 16.6 Å². The van der Waals surface area contributed by atoms with Gasteiger partial charge in [0.2, 0.25) is 0 Å². The lowest BCUT2D eigenvalue weighted by Crippen LogP contribution is -2.02.